The summed E-state index contributed by atoms with van der Waals surface area (Å²) in [6, 6.07) is 6.00. The molecule has 2 fully saturated rings. The molecule has 0 radical (unpaired) electrons. The summed E-state index contributed by atoms with van der Waals surface area (Å²) in [5, 5.41) is 9.34. The molecule has 188 valence electrons. The van der Waals surface area contributed by atoms with Crippen molar-refractivity contribution in [2.24, 2.45) is 0 Å². The fraction of sp³-hybridized carbons (Fsp3) is 0.556. The fourth-order valence-corrected chi connectivity index (χ4v) is 5.54. The van der Waals surface area contributed by atoms with Gasteiger partial charge in [0.1, 0.15) is 11.9 Å². The van der Waals surface area contributed by atoms with Crippen molar-refractivity contribution in [3.63, 3.8) is 0 Å². The summed E-state index contributed by atoms with van der Waals surface area (Å²) in [6.07, 6.45) is 11.7. The summed E-state index contributed by atoms with van der Waals surface area (Å²) in [6.45, 7) is 4.21. The van der Waals surface area contributed by atoms with Gasteiger partial charge in [0, 0.05) is 37.6 Å². The monoisotopic (exact) mass is 481 g/mol. The smallest absolute Gasteiger partial charge is 0.243 e. The highest BCUT2D eigenvalue weighted by Gasteiger charge is 2.57. The van der Waals surface area contributed by atoms with Gasteiger partial charge in [-0.2, -0.15) is 0 Å². The third-order valence-corrected chi connectivity index (χ3v) is 7.45. The summed E-state index contributed by atoms with van der Waals surface area (Å²) in [5.41, 5.74) is 1.51. The molecule has 3 N–H and O–H groups in total. The molecule has 3 aliphatic heterocycles. The predicted molar refractivity (Wildman–Crippen MR) is 132 cm³/mol. The molecule has 8 heteroatoms. The maximum absolute atomic E-state index is 12.7. The van der Waals surface area contributed by atoms with Crippen molar-refractivity contribution >= 4 is 17.9 Å². The SMILES string of the molecule is O=C1/C=C/[C@]23CCC4(C[C@H]2Oc2ccc(cc23)/C=C/C(=O)NCCCNCCCCN1)OCCO4. The molecule has 8 nitrogen and oxygen atoms in total. The number of nitrogens with one attached hydrogen (secondary N) is 3. The van der Waals surface area contributed by atoms with Gasteiger partial charge in [0.15, 0.2) is 5.79 Å². The van der Waals surface area contributed by atoms with Gasteiger partial charge in [-0.25, -0.2) is 0 Å². The van der Waals surface area contributed by atoms with E-state index in [1.165, 1.54) is 0 Å². The Kier molecular flexibility index (Phi) is 7.22. The average molecular weight is 482 g/mol. The summed E-state index contributed by atoms with van der Waals surface area (Å²) >= 11 is 0. The van der Waals surface area contributed by atoms with Crippen molar-refractivity contribution in [2.45, 2.75) is 55.8 Å². The molecule has 3 heterocycles. The normalized spacial score (nSPS) is 31.0. The molecule has 4 aliphatic rings. The zero-order valence-electron chi connectivity index (χ0n) is 20.1. The molecule has 2 spiro atoms. The zero-order chi connectivity index (χ0) is 24.1. The van der Waals surface area contributed by atoms with Crippen LogP contribution in [0.5, 0.6) is 5.75 Å². The fourth-order valence-electron chi connectivity index (χ4n) is 5.54. The van der Waals surface area contributed by atoms with Crippen molar-refractivity contribution in [2.75, 3.05) is 39.4 Å². The van der Waals surface area contributed by atoms with Crippen LogP contribution in [-0.4, -0.2) is 63.1 Å². The summed E-state index contributed by atoms with van der Waals surface area (Å²) < 4.78 is 18.4. The van der Waals surface area contributed by atoms with Crippen LogP contribution in [-0.2, 0) is 24.5 Å². The topological polar surface area (TPSA) is 97.9 Å². The molecule has 2 atom stereocenters. The van der Waals surface area contributed by atoms with E-state index in [1.54, 1.807) is 12.2 Å². The Hall–Kier alpha value is -2.68. The first-order valence-corrected chi connectivity index (χ1v) is 12.8. The number of amides is 2. The molecule has 1 aliphatic carbocycles. The van der Waals surface area contributed by atoms with Crippen molar-refractivity contribution in [3.05, 3.63) is 47.6 Å². The molecule has 2 bridgehead atoms. The molecule has 0 aromatic heterocycles. The number of carbonyl (C=O) groups is 2. The van der Waals surface area contributed by atoms with Gasteiger partial charge in [-0.3, -0.25) is 9.59 Å². The highest BCUT2D eigenvalue weighted by Crippen LogP contribution is 2.55. The molecule has 0 unspecified atom stereocenters. The van der Waals surface area contributed by atoms with E-state index in [4.69, 9.17) is 14.2 Å². The lowest BCUT2D eigenvalue weighted by molar-refractivity contribution is -0.198. The van der Waals surface area contributed by atoms with Gasteiger partial charge in [0.2, 0.25) is 11.8 Å². The number of rotatable bonds is 0. The van der Waals surface area contributed by atoms with Gasteiger partial charge < -0.3 is 30.2 Å². The number of fused-ring (bicyclic) bond motifs is 1. The van der Waals surface area contributed by atoms with Crippen LogP contribution in [0, 0.1) is 0 Å². The summed E-state index contributed by atoms with van der Waals surface area (Å²) in [5.74, 6) is 0.0173. The van der Waals surface area contributed by atoms with Crippen LogP contribution >= 0.6 is 0 Å². The Bertz CT molecular complexity index is 1000. The van der Waals surface area contributed by atoms with Crippen LogP contribution in [0.15, 0.2) is 36.4 Å². The van der Waals surface area contributed by atoms with E-state index >= 15 is 0 Å². The zero-order valence-corrected chi connectivity index (χ0v) is 20.1. The minimum Gasteiger partial charge on any atom is -0.489 e. The molecule has 1 aromatic rings. The van der Waals surface area contributed by atoms with Crippen molar-refractivity contribution < 1.29 is 23.8 Å². The Balaban J connectivity index is 1.43. The third kappa shape index (κ3) is 5.29. The molecular weight excluding hydrogens is 446 g/mol. The molecule has 35 heavy (non-hydrogen) atoms. The Labute approximate surface area is 206 Å². The first-order chi connectivity index (χ1) is 17.1. The lowest BCUT2D eigenvalue weighted by Gasteiger charge is -2.43. The Morgan fingerprint density at radius 3 is 2.43 bits per heavy atom. The molecule has 1 saturated carbocycles. The summed E-state index contributed by atoms with van der Waals surface area (Å²) in [4.78, 5) is 24.9. The largest absolute Gasteiger partial charge is 0.489 e. The van der Waals surface area contributed by atoms with E-state index in [0.29, 0.717) is 32.7 Å². The van der Waals surface area contributed by atoms with E-state index in [9.17, 15) is 9.59 Å². The van der Waals surface area contributed by atoms with Crippen molar-refractivity contribution in [3.8, 4) is 5.75 Å². The molecule has 5 rings (SSSR count). The van der Waals surface area contributed by atoms with E-state index in [2.05, 4.69) is 22.0 Å². The van der Waals surface area contributed by atoms with Crippen LogP contribution in [0.25, 0.3) is 6.08 Å². The molecule has 2 amide bonds. The van der Waals surface area contributed by atoms with Gasteiger partial charge >= 0.3 is 0 Å². The minimum atomic E-state index is -0.605. The maximum atomic E-state index is 12.7. The minimum absolute atomic E-state index is 0.0877. The van der Waals surface area contributed by atoms with Crippen molar-refractivity contribution in [1.82, 2.24) is 16.0 Å². The van der Waals surface area contributed by atoms with Crippen LogP contribution in [0.2, 0.25) is 0 Å². The highest BCUT2D eigenvalue weighted by molar-refractivity contribution is 5.91. The molecule has 1 aromatic carbocycles. The number of benzene rings is 1. The third-order valence-electron chi connectivity index (χ3n) is 7.45. The summed E-state index contributed by atoms with van der Waals surface area (Å²) in [7, 11) is 0. The van der Waals surface area contributed by atoms with Gasteiger partial charge in [0.25, 0.3) is 0 Å². The second-order valence-corrected chi connectivity index (χ2v) is 9.77. The van der Waals surface area contributed by atoms with E-state index < -0.39 is 11.2 Å². The van der Waals surface area contributed by atoms with E-state index in [-0.39, 0.29) is 17.9 Å². The van der Waals surface area contributed by atoms with Crippen LogP contribution in [0.1, 0.15) is 49.7 Å². The number of hydrogen-bond donors (Lipinski definition) is 3. The molecule has 1 saturated heterocycles. The highest BCUT2D eigenvalue weighted by atomic mass is 16.7. The van der Waals surface area contributed by atoms with Gasteiger partial charge in [-0.15, -0.1) is 0 Å². The second-order valence-electron chi connectivity index (χ2n) is 9.77. The Morgan fingerprint density at radius 2 is 1.57 bits per heavy atom. The van der Waals surface area contributed by atoms with Crippen LogP contribution in [0.3, 0.4) is 0 Å². The lowest BCUT2D eigenvalue weighted by Crippen LogP contribution is -2.50. The van der Waals surface area contributed by atoms with Crippen LogP contribution < -0.4 is 20.7 Å². The number of carbonyl (C=O) groups excluding carboxylic acids is 2. The van der Waals surface area contributed by atoms with E-state index in [0.717, 1.165) is 62.1 Å². The standard InChI is InChI=1S/C27H35N3O5/c31-24-7-5-20-4-6-22-21(18-20)26(10-11-27(19-23(26)35-22)33-16-17-34-27)9-8-25(32)29-14-2-1-12-28-13-3-15-30-24/h4-9,18,23,28H,1-3,10-17,19H2,(H,29,32)(H,30,31)/b7-5+,9-8+/t23-,26-/m1/s1. The van der Waals surface area contributed by atoms with Gasteiger partial charge in [-0.1, -0.05) is 12.1 Å². The van der Waals surface area contributed by atoms with Gasteiger partial charge in [-0.05, 0) is 68.6 Å². The first-order valence-electron chi connectivity index (χ1n) is 12.8. The predicted octanol–water partition coefficient (Wildman–Crippen LogP) is 2.19. The Morgan fingerprint density at radius 1 is 0.829 bits per heavy atom. The number of ether oxygens (including phenoxy) is 3. The van der Waals surface area contributed by atoms with Crippen molar-refractivity contribution in [1.29, 1.82) is 0 Å². The number of hydrogen-bond acceptors (Lipinski definition) is 6. The lowest BCUT2D eigenvalue weighted by atomic mass is 9.66. The average Bonchev–Trinajstić information content (AvgIpc) is 3.44. The van der Waals surface area contributed by atoms with Gasteiger partial charge in [0.05, 0.1) is 18.6 Å². The first kappa shape index (κ1) is 24.0. The maximum Gasteiger partial charge on any atom is 0.243 e. The quantitative estimate of drug-likeness (QED) is 0.526. The molecular formula is C27H35N3O5. The van der Waals surface area contributed by atoms with Crippen LogP contribution in [0.4, 0.5) is 0 Å². The second kappa shape index (κ2) is 10.5. The van der Waals surface area contributed by atoms with E-state index in [1.807, 2.05) is 24.3 Å².